The van der Waals surface area contributed by atoms with Gasteiger partial charge in [-0.25, -0.2) is 13.1 Å². The van der Waals surface area contributed by atoms with E-state index < -0.39 is 10.0 Å². The van der Waals surface area contributed by atoms with Crippen molar-refractivity contribution in [2.75, 3.05) is 6.61 Å². The summed E-state index contributed by atoms with van der Waals surface area (Å²) in [7, 11) is -3.52. The van der Waals surface area contributed by atoms with Crippen molar-refractivity contribution >= 4 is 10.0 Å². The lowest BCUT2D eigenvalue weighted by Gasteiger charge is -2.11. The van der Waals surface area contributed by atoms with Crippen molar-refractivity contribution < 1.29 is 13.5 Å². The molecule has 0 aliphatic carbocycles. The summed E-state index contributed by atoms with van der Waals surface area (Å²) in [4.78, 5) is 0.223. The molecule has 4 nitrogen and oxygen atoms in total. The molecule has 0 amide bonds. The highest BCUT2D eigenvalue weighted by molar-refractivity contribution is 7.89. The van der Waals surface area contributed by atoms with Crippen LogP contribution < -0.4 is 4.72 Å². The number of aliphatic hydroxyl groups is 1. The highest BCUT2D eigenvalue weighted by Gasteiger charge is 2.17. The van der Waals surface area contributed by atoms with Gasteiger partial charge in [0.2, 0.25) is 10.0 Å². The number of aliphatic hydroxyl groups excluding tert-OH is 1. The van der Waals surface area contributed by atoms with Crippen molar-refractivity contribution in [1.29, 1.82) is 0 Å². The Morgan fingerprint density at radius 1 is 1.39 bits per heavy atom. The lowest BCUT2D eigenvalue weighted by Crippen LogP contribution is -2.30. The quantitative estimate of drug-likeness (QED) is 0.804. The highest BCUT2D eigenvalue weighted by Crippen LogP contribution is 2.17. The minimum Gasteiger partial charge on any atom is -0.384 e. The van der Waals surface area contributed by atoms with E-state index >= 15 is 0 Å². The summed E-state index contributed by atoms with van der Waals surface area (Å²) in [5.74, 6) is 5.19. The summed E-state index contributed by atoms with van der Waals surface area (Å²) in [5.41, 5.74) is 1.23. The Bertz CT molecular complexity index is 580. The molecule has 0 heterocycles. The molecule has 0 saturated heterocycles. The maximum Gasteiger partial charge on any atom is 0.241 e. The molecule has 0 atom stereocenters. The predicted octanol–water partition coefficient (Wildman–Crippen LogP) is 1.03. The third-order valence-corrected chi connectivity index (χ3v) is 3.98. The second-order valence-electron chi connectivity index (χ2n) is 4.22. The smallest absolute Gasteiger partial charge is 0.241 e. The van der Waals surface area contributed by atoms with E-state index in [2.05, 4.69) is 16.6 Å². The van der Waals surface area contributed by atoms with E-state index in [9.17, 15) is 8.42 Å². The van der Waals surface area contributed by atoms with Gasteiger partial charge in [0.15, 0.2) is 0 Å². The zero-order valence-electron chi connectivity index (χ0n) is 10.7. The number of rotatable bonds is 3. The topological polar surface area (TPSA) is 66.4 Å². The molecule has 1 aromatic rings. The molecular weight excluding hydrogens is 250 g/mol. The molecule has 0 radical (unpaired) electrons. The monoisotopic (exact) mass is 267 g/mol. The molecule has 98 valence electrons. The first kappa shape index (κ1) is 14.7. The lowest BCUT2D eigenvalue weighted by molar-refractivity contribution is 0.350. The van der Waals surface area contributed by atoms with Crippen molar-refractivity contribution in [2.45, 2.75) is 31.7 Å². The second-order valence-corrected chi connectivity index (χ2v) is 5.90. The van der Waals surface area contributed by atoms with Gasteiger partial charge in [-0.15, -0.1) is 0 Å². The number of benzene rings is 1. The highest BCUT2D eigenvalue weighted by atomic mass is 32.2. The van der Waals surface area contributed by atoms with Crippen molar-refractivity contribution in [3.8, 4) is 11.8 Å². The van der Waals surface area contributed by atoms with Crippen LogP contribution in [0.2, 0.25) is 0 Å². The molecule has 1 aromatic carbocycles. The summed E-state index contributed by atoms with van der Waals surface area (Å²) in [6.45, 7) is 5.02. The van der Waals surface area contributed by atoms with Gasteiger partial charge in [0.25, 0.3) is 0 Å². The van der Waals surface area contributed by atoms with Gasteiger partial charge in [-0.3, -0.25) is 0 Å². The van der Waals surface area contributed by atoms with Crippen molar-refractivity contribution in [3.05, 3.63) is 29.3 Å². The fourth-order valence-electron chi connectivity index (χ4n) is 1.48. The molecule has 0 fully saturated rings. The van der Waals surface area contributed by atoms with Crippen LogP contribution >= 0.6 is 0 Å². The van der Waals surface area contributed by atoms with Gasteiger partial charge in [0.05, 0.1) is 4.90 Å². The molecule has 0 spiro atoms. The third kappa shape index (κ3) is 3.84. The van der Waals surface area contributed by atoms with Crippen LogP contribution in [-0.2, 0) is 10.0 Å². The van der Waals surface area contributed by atoms with E-state index in [0.29, 0.717) is 11.1 Å². The van der Waals surface area contributed by atoms with Gasteiger partial charge in [-0.2, -0.15) is 0 Å². The first-order valence-electron chi connectivity index (χ1n) is 5.59. The molecular formula is C13H17NO3S. The normalized spacial score (nSPS) is 11.2. The zero-order valence-corrected chi connectivity index (χ0v) is 11.5. The standard InChI is InChI=1S/C13H17NO3S/c1-10(2)14-18(16,17)13-9-12(5-4-8-15)7-6-11(13)3/h6-7,9-10,14-15H,8H2,1-3H3. The summed E-state index contributed by atoms with van der Waals surface area (Å²) in [6, 6.07) is 4.78. The van der Waals surface area contributed by atoms with Crippen LogP contribution in [-0.4, -0.2) is 26.2 Å². The average Bonchev–Trinajstić information content (AvgIpc) is 2.26. The molecule has 0 bridgehead atoms. The molecule has 0 aromatic heterocycles. The van der Waals surface area contributed by atoms with Gasteiger partial charge in [0.1, 0.15) is 6.61 Å². The van der Waals surface area contributed by atoms with Crippen LogP contribution in [0.4, 0.5) is 0 Å². The molecule has 0 unspecified atom stereocenters. The Hall–Kier alpha value is -1.35. The van der Waals surface area contributed by atoms with E-state index in [-0.39, 0.29) is 17.5 Å². The van der Waals surface area contributed by atoms with E-state index in [1.54, 1.807) is 32.9 Å². The van der Waals surface area contributed by atoms with Gasteiger partial charge >= 0.3 is 0 Å². The largest absolute Gasteiger partial charge is 0.384 e. The first-order valence-corrected chi connectivity index (χ1v) is 7.08. The Morgan fingerprint density at radius 3 is 2.61 bits per heavy atom. The zero-order chi connectivity index (χ0) is 13.8. The SMILES string of the molecule is Cc1ccc(C#CCO)cc1S(=O)(=O)NC(C)C. The fraction of sp³-hybridized carbons (Fsp3) is 0.385. The minimum absolute atomic E-state index is 0.165. The molecule has 18 heavy (non-hydrogen) atoms. The lowest BCUT2D eigenvalue weighted by atomic mass is 10.1. The van der Waals surface area contributed by atoms with Crippen LogP contribution in [0.5, 0.6) is 0 Å². The average molecular weight is 267 g/mol. The Balaban J connectivity index is 3.23. The van der Waals surface area contributed by atoms with Gasteiger partial charge in [0, 0.05) is 11.6 Å². The molecule has 2 N–H and O–H groups in total. The maximum absolute atomic E-state index is 12.1. The number of hydrogen-bond acceptors (Lipinski definition) is 3. The number of sulfonamides is 1. The van der Waals surface area contributed by atoms with E-state index in [4.69, 9.17) is 5.11 Å². The van der Waals surface area contributed by atoms with E-state index in [1.165, 1.54) is 6.07 Å². The molecule has 0 saturated carbocycles. The summed E-state index contributed by atoms with van der Waals surface area (Å²) < 4.78 is 26.7. The third-order valence-electron chi connectivity index (χ3n) is 2.18. The van der Waals surface area contributed by atoms with Crippen LogP contribution in [0.15, 0.2) is 23.1 Å². The Kier molecular flexibility index (Phi) is 4.91. The van der Waals surface area contributed by atoms with Crippen LogP contribution in [0.1, 0.15) is 25.0 Å². The van der Waals surface area contributed by atoms with Gasteiger partial charge in [-0.05, 0) is 38.5 Å². The Morgan fingerprint density at radius 2 is 2.06 bits per heavy atom. The summed E-state index contributed by atoms with van der Waals surface area (Å²) in [5, 5.41) is 8.63. The van der Waals surface area contributed by atoms with E-state index in [1.807, 2.05) is 0 Å². The molecule has 0 aliphatic heterocycles. The Labute approximate surface area is 108 Å². The number of hydrogen-bond donors (Lipinski definition) is 2. The summed E-state index contributed by atoms with van der Waals surface area (Å²) >= 11 is 0. The first-order chi connectivity index (χ1) is 8.36. The van der Waals surface area contributed by atoms with E-state index in [0.717, 1.165) is 0 Å². The van der Waals surface area contributed by atoms with Gasteiger partial charge < -0.3 is 5.11 Å². The summed E-state index contributed by atoms with van der Waals surface area (Å²) in [6.07, 6.45) is 0. The molecule has 1 rings (SSSR count). The maximum atomic E-state index is 12.1. The molecule has 5 heteroatoms. The minimum atomic E-state index is -3.52. The van der Waals surface area contributed by atoms with Crippen LogP contribution in [0.25, 0.3) is 0 Å². The van der Waals surface area contributed by atoms with Gasteiger partial charge in [-0.1, -0.05) is 17.9 Å². The second kappa shape index (κ2) is 6.01. The van der Waals surface area contributed by atoms with Crippen molar-refractivity contribution in [3.63, 3.8) is 0 Å². The predicted molar refractivity (Wildman–Crippen MR) is 70.6 cm³/mol. The van der Waals surface area contributed by atoms with Crippen molar-refractivity contribution in [1.82, 2.24) is 4.72 Å². The fourth-order valence-corrected chi connectivity index (χ4v) is 3.00. The van der Waals surface area contributed by atoms with Crippen LogP contribution in [0, 0.1) is 18.8 Å². The van der Waals surface area contributed by atoms with Crippen molar-refractivity contribution in [2.24, 2.45) is 0 Å². The van der Waals surface area contributed by atoms with Crippen LogP contribution in [0.3, 0.4) is 0 Å². The number of aryl methyl sites for hydroxylation is 1. The number of nitrogens with one attached hydrogen (secondary N) is 1. The molecule has 0 aliphatic rings.